The van der Waals surface area contributed by atoms with E-state index in [-0.39, 0.29) is 19.6 Å². The summed E-state index contributed by atoms with van der Waals surface area (Å²) in [6.07, 6.45) is 0.0759. The van der Waals surface area contributed by atoms with Gasteiger partial charge in [-0.2, -0.15) is 0 Å². The minimum Gasteiger partial charge on any atom is -0.480 e. The number of aliphatic carboxylic acids is 1. The molecule has 0 spiro atoms. The van der Waals surface area contributed by atoms with E-state index in [0.717, 1.165) is 5.56 Å². The maximum Gasteiger partial charge on any atom is 0.324 e. The second kappa shape index (κ2) is 7.78. The third-order valence-electron chi connectivity index (χ3n) is 3.61. The Balaban J connectivity index is 3.23. The van der Waals surface area contributed by atoms with Gasteiger partial charge in [0.1, 0.15) is 0 Å². The quantitative estimate of drug-likeness (QED) is 0.587. The van der Waals surface area contributed by atoms with E-state index in [2.05, 4.69) is 0 Å². The lowest BCUT2D eigenvalue weighted by molar-refractivity contribution is -0.174. The summed E-state index contributed by atoms with van der Waals surface area (Å²) in [5, 5.41) is 9.72. The molecule has 0 amide bonds. The largest absolute Gasteiger partial charge is 0.480 e. The Hall–Kier alpha value is -1.88. The van der Waals surface area contributed by atoms with Gasteiger partial charge < -0.3 is 14.6 Å². The van der Waals surface area contributed by atoms with E-state index in [1.54, 1.807) is 26.0 Å². The molecule has 0 saturated heterocycles. The number of carbonyl (C=O) groups is 2. The normalized spacial score (nSPS) is 15.0. The maximum absolute atomic E-state index is 12.4. The van der Waals surface area contributed by atoms with Crippen molar-refractivity contribution < 1.29 is 24.2 Å². The van der Waals surface area contributed by atoms with E-state index in [1.807, 2.05) is 18.2 Å². The smallest absolute Gasteiger partial charge is 0.324 e. The zero-order valence-corrected chi connectivity index (χ0v) is 12.7. The molecule has 0 aliphatic carbocycles. The van der Waals surface area contributed by atoms with Gasteiger partial charge in [0.2, 0.25) is 0 Å². The lowest BCUT2D eigenvalue weighted by Gasteiger charge is -2.32. The van der Waals surface area contributed by atoms with Crippen LogP contribution in [-0.4, -0.2) is 37.4 Å². The van der Waals surface area contributed by atoms with Gasteiger partial charge in [0.25, 0.3) is 0 Å². The molecular weight excluding hydrogens is 272 g/mol. The van der Waals surface area contributed by atoms with Crippen LogP contribution in [0, 0.1) is 11.3 Å². The third kappa shape index (κ3) is 3.82. The van der Waals surface area contributed by atoms with E-state index in [9.17, 15) is 14.7 Å². The Kier molecular flexibility index (Phi) is 6.37. The predicted octanol–water partition coefficient (Wildman–Crippen LogP) is 2.15. The van der Waals surface area contributed by atoms with Gasteiger partial charge in [0.15, 0.2) is 5.41 Å². The Morgan fingerprint density at radius 2 is 1.90 bits per heavy atom. The van der Waals surface area contributed by atoms with Crippen molar-refractivity contribution in [2.45, 2.75) is 20.3 Å². The molecular formula is C16H22O5. The van der Waals surface area contributed by atoms with Gasteiger partial charge in [0, 0.05) is 13.0 Å². The highest BCUT2D eigenvalue weighted by molar-refractivity contribution is 5.99. The molecule has 1 rings (SSSR count). The molecule has 0 aliphatic heterocycles. The monoisotopic (exact) mass is 294 g/mol. The molecule has 0 radical (unpaired) electrons. The van der Waals surface area contributed by atoms with Gasteiger partial charge in [-0.15, -0.1) is 0 Å². The van der Waals surface area contributed by atoms with Crippen LogP contribution in [0.3, 0.4) is 0 Å². The second-order valence-electron chi connectivity index (χ2n) is 5.02. The average Bonchev–Trinajstić information content (AvgIpc) is 2.45. The van der Waals surface area contributed by atoms with Gasteiger partial charge in [-0.1, -0.05) is 37.3 Å². The third-order valence-corrected chi connectivity index (χ3v) is 3.61. The molecule has 0 saturated carbocycles. The molecule has 1 aromatic carbocycles. The van der Waals surface area contributed by atoms with Crippen LogP contribution in [0.15, 0.2) is 30.3 Å². The van der Waals surface area contributed by atoms with Gasteiger partial charge >= 0.3 is 11.9 Å². The number of hydrogen-bond acceptors (Lipinski definition) is 4. The number of methoxy groups -OCH3 is 1. The molecule has 0 bridgehead atoms. The van der Waals surface area contributed by atoms with E-state index >= 15 is 0 Å². The molecule has 1 aromatic rings. The standard InChI is InChI=1S/C16H22O5/c1-4-21-15(19)16(14(17)18,12(2)11-20-3)10-13-8-6-5-7-9-13/h5-9,12H,4,10-11H2,1-3H3,(H,17,18). The van der Waals surface area contributed by atoms with Crippen LogP contribution in [-0.2, 0) is 25.5 Å². The Bertz CT molecular complexity index is 471. The number of hydrogen-bond donors (Lipinski definition) is 1. The molecule has 5 heteroatoms. The molecule has 0 heterocycles. The molecule has 21 heavy (non-hydrogen) atoms. The molecule has 5 nitrogen and oxygen atoms in total. The first-order valence-electron chi connectivity index (χ1n) is 6.92. The van der Waals surface area contributed by atoms with E-state index in [1.165, 1.54) is 7.11 Å². The summed E-state index contributed by atoms with van der Waals surface area (Å²) >= 11 is 0. The molecule has 0 aliphatic rings. The van der Waals surface area contributed by atoms with Crippen molar-refractivity contribution in [2.75, 3.05) is 20.3 Å². The van der Waals surface area contributed by atoms with Gasteiger partial charge in [-0.25, -0.2) is 0 Å². The highest BCUT2D eigenvalue weighted by atomic mass is 16.5. The predicted molar refractivity (Wildman–Crippen MR) is 77.9 cm³/mol. The summed E-state index contributed by atoms with van der Waals surface area (Å²) in [6.45, 7) is 3.66. The van der Waals surface area contributed by atoms with Crippen LogP contribution in [0.2, 0.25) is 0 Å². The lowest BCUT2D eigenvalue weighted by atomic mass is 9.72. The molecule has 0 fully saturated rings. The van der Waals surface area contributed by atoms with Gasteiger partial charge in [0.05, 0.1) is 13.2 Å². The fourth-order valence-corrected chi connectivity index (χ4v) is 2.39. The lowest BCUT2D eigenvalue weighted by Crippen LogP contribution is -2.49. The number of esters is 1. The van der Waals surface area contributed by atoms with E-state index < -0.39 is 23.3 Å². The van der Waals surface area contributed by atoms with E-state index in [4.69, 9.17) is 9.47 Å². The van der Waals surface area contributed by atoms with Gasteiger partial charge in [-0.05, 0) is 18.9 Å². The van der Waals surface area contributed by atoms with Crippen molar-refractivity contribution in [3.8, 4) is 0 Å². The Labute approximate surface area is 124 Å². The van der Waals surface area contributed by atoms with Crippen LogP contribution in [0.25, 0.3) is 0 Å². The summed E-state index contributed by atoms with van der Waals surface area (Å²) < 4.78 is 10.1. The number of carboxylic acids is 1. The summed E-state index contributed by atoms with van der Waals surface area (Å²) in [5.74, 6) is -2.42. The Morgan fingerprint density at radius 1 is 1.29 bits per heavy atom. The number of rotatable bonds is 8. The maximum atomic E-state index is 12.4. The van der Waals surface area contributed by atoms with Crippen molar-refractivity contribution >= 4 is 11.9 Å². The fourth-order valence-electron chi connectivity index (χ4n) is 2.39. The topological polar surface area (TPSA) is 72.8 Å². The first kappa shape index (κ1) is 17.2. The van der Waals surface area contributed by atoms with Crippen molar-refractivity contribution in [3.05, 3.63) is 35.9 Å². The molecule has 0 aromatic heterocycles. The highest BCUT2D eigenvalue weighted by Gasteiger charge is 2.52. The van der Waals surface area contributed by atoms with Crippen molar-refractivity contribution in [2.24, 2.45) is 11.3 Å². The molecule has 2 atom stereocenters. The zero-order chi connectivity index (χ0) is 15.9. The molecule has 116 valence electrons. The summed E-state index contributed by atoms with van der Waals surface area (Å²) in [6, 6.07) is 9.07. The minimum absolute atomic E-state index is 0.0759. The van der Waals surface area contributed by atoms with Crippen LogP contribution in [0.1, 0.15) is 19.4 Å². The SMILES string of the molecule is CCOC(=O)C(Cc1ccccc1)(C(=O)O)C(C)COC. The van der Waals surface area contributed by atoms with Crippen molar-refractivity contribution in [1.82, 2.24) is 0 Å². The van der Waals surface area contributed by atoms with Crippen molar-refractivity contribution in [3.63, 3.8) is 0 Å². The zero-order valence-electron chi connectivity index (χ0n) is 12.7. The summed E-state index contributed by atoms with van der Waals surface area (Å²) in [5.41, 5.74) is -0.871. The summed E-state index contributed by atoms with van der Waals surface area (Å²) in [7, 11) is 1.48. The van der Waals surface area contributed by atoms with Gasteiger partial charge in [-0.3, -0.25) is 9.59 Å². The molecule has 1 N–H and O–H groups in total. The minimum atomic E-state index is -1.65. The average molecular weight is 294 g/mol. The number of carboxylic acid groups (broad SMARTS) is 1. The van der Waals surface area contributed by atoms with E-state index in [0.29, 0.717) is 0 Å². The van der Waals surface area contributed by atoms with Crippen molar-refractivity contribution in [1.29, 1.82) is 0 Å². The van der Waals surface area contributed by atoms with Crippen LogP contribution in [0.4, 0.5) is 0 Å². The number of benzene rings is 1. The Morgan fingerprint density at radius 3 is 2.38 bits per heavy atom. The van der Waals surface area contributed by atoms with Crippen LogP contribution in [0.5, 0.6) is 0 Å². The first-order valence-corrected chi connectivity index (χ1v) is 6.92. The first-order chi connectivity index (χ1) is 9.98. The second-order valence-corrected chi connectivity index (χ2v) is 5.02. The number of carbonyl (C=O) groups excluding carboxylic acids is 1. The number of ether oxygens (including phenoxy) is 2. The molecule has 2 unspecified atom stereocenters. The van der Waals surface area contributed by atoms with Crippen LogP contribution < -0.4 is 0 Å². The fraction of sp³-hybridized carbons (Fsp3) is 0.500. The summed E-state index contributed by atoms with van der Waals surface area (Å²) in [4.78, 5) is 24.3. The highest BCUT2D eigenvalue weighted by Crippen LogP contribution is 2.34. The van der Waals surface area contributed by atoms with Crippen LogP contribution >= 0.6 is 0 Å².